The average Bonchev–Trinajstić information content (AvgIpc) is 2.53. The maximum absolute atomic E-state index is 12.3. The smallest absolute Gasteiger partial charge is 0.261 e. The highest BCUT2D eigenvalue weighted by atomic mass is 16.3. The van der Waals surface area contributed by atoms with Crippen molar-refractivity contribution in [3.63, 3.8) is 0 Å². The Hall–Kier alpha value is -2.05. The number of benzene rings is 1. The van der Waals surface area contributed by atoms with E-state index in [-0.39, 0.29) is 30.3 Å². The van der Waals surface area contributed by atoms with Crippen molar-refractivity contribution in [3.8, 4) is 0 Å². The summed E-state index contributed by atoms with van der Waals surface area (Å²) in [5.41, 5.74) is 0.414. The summed E-state index contributed by atoms with van der Waals surface area (Å²) in [6, 6.07) is 6.86. The summed E-state index contributed by atoms with van der Waals surface area (Å²) >= 11 is 0. The molecule has 0 aliphatic carbocycles. The molecular formula is C16H19N3O3. The van der Waals surface area contributed by atoms with E-state index in [9.17, 15) is 14.7 Å². The molecule has 1 aromatic heterocycles. The van der Waals surface area contributed by atoms with E-state index in [1.165, 1.54) is 10.9 Å². The zero-order chi connectivity index (χ0) is 15.5. The normalized spacial score (nSPS) is 21.9. The largest absolute Gasteiger partial charge is 0.391 e. The number of nitrogens with zero attached hydrogens (tertiary/aromatic N) is 2. The minimum Gasteiger partial charge on any atom is -0.391 e. The Bertz CT molecular complexity index is 741. The first-order valence-electron chi connectivity index (χ1n) is 7.52. The number of hydrogen-bond acceptors (Lipinski definition) is 5. The molecule has 0 spiro atoms. The summed E-state index contributed by atoms with van der Waals surface area (Å²) in [7, 11) is 0. The molecule has 0 amide bonds. The summed E-state index contributed by atoms with van der Waals surface area (Å²) in [5.74, 6) is -0.0855. The zero-order valence-corrected chi connectivity index (χ0v) is 12.2. The molecule has 2 atom stereocenters. The van der Waals surface area contributed by atoms with Crippen LogP contribution in [0.25, 0.3) is 10.9 Å². The van der Waals surface area contributed by atoms with Crippen LogP contribution < -0.4 is 10.9 Å². The predicted octanol–water partition coefficient (Wildman–Crippen LogP) is 0.469. The van der Waals surface area contributed by atoms with Gasteiger partial charge in [-0.15, -0.1) is 0 Å². The summed E-state index contributed by atoms with van der Waals surface area (Å²) in [6.45, 7) is 0.800. The zero-order valence-electron chi connectivity index (χ0n) is 12.2. The Labute approximate surface area is 127 Å². The lowest BCUT2D eigenvalue weighted by Crippen LogP contribution is -2.46. The van der Waals surface area contributed by atoms with Crippen LogP contribution >= 0.6 is 0 Å². The molecule has 0 unspecified atom stereocenters. The van der Waals surface area contributed by atoms with Crippen LogP contribution in [0.3, 0.4) is 0 Å². The lowest BCUT2D eigenvalue weighted by Gasteiger charge is -2.28. The van der Waals surface area contributed by atoms with Crippen molar-refractivity contribution in [2.75, 3.05) is 6.54 Å². The van der Waals surface area contributed by atoms with Crippen molar-refractivity contribution in [3.05, 3.63) is 40.9 Å². The number of Topliss-reactive ketones (excluding diaryl/α,β-unsaturated/α-hetero) is 1. The third-order valence-electron chi connectivity index (χ3n) is 4.07. The molecule has 6 nitrogen and oxygen atoms in total. The molecule has 22 heavy (non-hydrogen) atoms. The Morgan fingerprint density at radius 1 is 1.41 bits per heavy atom. The molecular weight excluding hydrogens is 282 g/mol. The fourth-order valence-electron chi connectivity index (χ4n) is 2.86. The molecule has 1 aliphatic rings. The number of nitrogens with one attached hydrogen (secondary N) is 1. The van der Waals surface area contributed by atoms with Crippen molar-refractivity contribution >= 4 is 16.7 Å². The Balaban J connectivity index is 1.74. The second-order valence-electron chi connectivity index (χ2n) is 5.71. The number of hydrogen-bond donors (Lipinski definition) is 2. The number of carbonyl (C=O) groups excluding carboxylic acids is 1. The maximum Gasteiger partial charge on any atom is 0.261 e. The minimum absolute atomic E-state index is 0.0123. The molecule has 1 saturated heterocycles. The van der Waals surface area contributed by atoms with Crippen molar-refractivity contribution in [2.24, 2.45) is 0 Å². The SMILES string of the molecule is O=C(C[C@H]1NCCC[C@@H]1O)Cn1cnc2ccccc2c1=O. The molecule has 0 bridgehead atoms. The van der Waals surface area contributed by atoms with E-state index in [1.54, 1.807) is 18.2 Å². The molecule has 2 N–H and O–H groups in total. The van der Waals surface area contributed by atoms with Crippen LogP contribution in [0.1, 0.15) is 19.3 Å². The van der Waals surface area contributed by atoms with Gasteiger partial charge < -0.3 is 10.4 Å². The van der Waals surface area contributed by atoms with E-state index in [2.05, 4.69) is 10.3 Å². The van der Waals surface area contributed by atoms with E-state index in [1.807, 2.05) is 6.07 Å². The first-order chi connectivity index (χ1) is 10.6. The van der Waals surface area contributed by atoms with Crippen LogP contribution in [-0.4, -0.2) is 39.1 Å². The van der Waals surface area contributed by atoms with Gasteiger partial charge in [0.2, 0.25) is 0 Å². The second kappa shape index (κ2) is 6.37. The van der Waals surface area contributed by atoms with Gasteiger partial charge in [0, 0.05) is 12.5 Å². The van der Waals surface area contributed by atoms with Gasteiger partial charge in [0.05, 0.1) is 29.9 Å². The van der Waals surface area contributed by atoms with Gasteiger partial charge in [-0.3, -0.25) is 14.2 Å². The van der Waals surface area contributed by atoms with Gasteiger partial charge in [-0.25, -0.2) is 4.98 Å². The highest BCUT2D eigenvalue weighted by Crippen LogP contribution is 2.12. The van der Waals surface area contributed by atoms with Gasteiger partial charge in [0.15, 0.2) is 5.78 Å². The van der Waals surface area contributed by atoms with Gasteiger partial charge in [-0.1, -0.05) is 12.1 Å². The summed E-state index contributed by atoms with van der Waals surface area (Å²) < 4.78 is 1.33. The topological polar surface area (TPSA) is 84.2 Å². The van der Waals surface area contributed by atoms with E-state index in [4.69, 9.17) is 0 Å². The minimum atomic E-state index is -0.496. The van der Waals surface area contributed by atoms with E-state index in [0.717, 1.165) is 13.0 Å². The molecule has 1 fully saturated rings. The summed E-state index contributed by atoms with van der Waals surface area (Å²) in [5, 5.41) is 13.5. The quantitative estimate of drug-likeness (QED) is 0.857. The average molecular weight is 301 g/mol. The monoisotopic (exact) mass is 301 g/mol. The fourth-order valence-corrected chi connectivity index (χ4v) is 2.86. The Kier molecular flexibility index (Phi) is 4.31. The van der Waals surface area contributed by atoms with Gasteiger partial charge in [-0.05, 0) is 31.5 Å². The van der Waals surface area contributed by atoms with E-state index < -0.39 is 6.10 Å². The lowest BCUT2D eigenvalue weighted by molar-refractivity contribution is -0.121. The predicted molar refractivity (Wildman–Crippen MR) is 82.7 cm³/mol. The number of para-hydroxylation sites is 1. The number of carbonyl (C=O) groups is 1. The fraction of sp³-hybridized carbons (Fsp3) is 0.438. The molecule has 2 heterocycles. The number of fused-ring (bicyclic) bond motifs is 1. The molecule has 116 valence electrons. The van der Waals surface area contributed by atoms with Gasteiger partial charge in [0.1, 0.15) is 0 Å². The van der Waals surface area contributed by atoms with Crippen LogP contribution in [0.15, 0.2) is 35.4 Å². The molecule has 6 heteroatoms. The number of rotatable bonds is 4. The third-order valence-corrected chi connectivity index (χ3v) is 4.07. The van der Waals surface area contributed by atoms with Crippen molar-refractivity contribution < 1.29 is 9.90 Å². The number of piperidine rings is 1. The van der Waals surface area contributed by atoms with Gasteiger partial charge >= 0.3 is 0 Å². The van der Waals surface area contributed by atoms with Crippen molar-refractivity contribution in [1.29, 1.82) is 0 Å². The molecule has 1 aromatic carbocycles. The molecule has 1 aliphatic heterocycles. The van der Waals surface area contributed by atoms with E-state index in [0.29, 0.717) is 17.3 Å². The molecule has 2 aromatic rings. The number of aliphatic hydroxyl groups is 1. The lowest BCUT2D eigenvalue weighted by atomic mass is 9.97. The van der Waals surface area contributed by atoms with Crippen LogP contribution in [0, 0.1) is 0 Å². The third kappa shape index (κ3) is 3.08. The summed E-state index contributed by atoms with van der Waals surface area (Å²) in [6.07, 6.45) is 2.76. The van der Waals surface area contributed by atoms with E-state index >= 15 is 0 Å². The first kappa shape index (κ1) is 14.9. The van der Waals surface area contributed by atoms with Crippen LogP contribution in [0.4, 0.5) is 0 Å². The molecule has 0 saturated carbocycles. The second-order valence-corrected chi connectivity index (χ2v) is 5.71. The Morgan fingerprint density at radius 2 is 2.23 bits per heavy atom. The summed E-state index contributed by atoms with van der Waals surface area (Å²) in [4.78, 5) is 28.7. The Morgan fingerprint density at radius 3 is 3.05 bits per heavy atom. The van der Waals surface area contributed by atoms with Crippen molar-refractivity contribution in [1.82, 2.24) is 14.9 Å². The standard InChI is InChI=1S/C16H19N3O3/c20-11(8-14-15(21)6-3-7-17-14)9-19-10-18-13-5-2-1-4-12(13)16(19)22/h1-2,4-5,10,14-15,17,21H,3,6-9H2/t14-,15+/m1/s1. The van der Waals surface area contributed by atoms with Gasteiger partial charge in [-0.2, -0.15) is 0 Å². The highest BCUT2D eigenvalue weighted by Gasteiger charge is 2.24. The first-order valence-corrected chi connectivity index (χ1v) is 7.52. The van der Waals surface area contributed by atoms with Gasteiger partial charge in [0.25, 0.3) is 5.56 Å². The van der Waals surface area contributed by atoms with Crippen LogP contribution in [0.2, 0.25) is 0 Å². The number of ketones is 1. The molecule has 3 rings (SSSR count). The number of aliphatic hydroxyl groups excluding tert-OH is 1. The van der Waals surface area contributed by atoms with Crippen molar-refractivity contribution in [2.45, 2.75) is 38.0 Å². The highest BCUT2D eigenvalue weighted by molar-refractivity contribution is 5.80. The van der Waals surface area contributed by atoms with Crippen LogP contribution in [0.5, 0.6) is 0 Å². The molecule has 0 radical (unpaired) electrons. The number of aromatic nitrogens is 2. The maximum atomic E-state index is 12.3. The van der Waals surface area contributed by atoms with Crippen LogP contribution in [-0.2, 0) is 11.3 Å².